The second-order valence-electron chi connectivity index (χ2n) is 8.73. The SMILES string of the molecule is COc1cccc2c(C)cc(SC(C)C(=O)Nc3ccc(S(=O)(=O)N4CCCCCC4)cc3)nc12. The summed E-state index contributed by atoms with van der Waals surface area (Å²) in [6, 6.07) is 14.2. The van der Waals surface area contributed by atoms with Crippen molar-refractivity contribution in [1.29, 1.82) is 0 Å². The van der Waals surface area contributed by atoms with Crippen molar-refractivity contribution in [3.05, 3.63) is 54.1 Å². The fraction of sp³-hybridized carbons (Fsp3) is 0.385. The van der Waals surface area contributed by atoms with Crippen molar-refractivity contribution in [3.63, 3.8) is 0 Å². The van der Waals surface area contributed by atoms with E-state index >= 15 is 0 Å². The molecule has 2 aromatic carbocycles. The van der Waals surface area contributed by atoms with Gasteiger partial charge in [-0.2, -0.15) is 4.31 Å². The number of hydrogen-bond acceptors (Lipinski definition) is 6. The third-order valence-corrected chi connectivity index (χ3v) is 9.13. The zero-order valence-electron chi connectivity index (χ0n) is 20.3. The zero-order chi connectivity index (χ0) is 25.0. The van der Waals surface area contributed by atoms with E-state index in [2.05, 4.69) is 5.32 Å². The number of nitrogens with zero attached hydrogens (tertiary/aromatic N) is 2. The molecule has 1 aliphatic heterocycles. The highest BCUT2D eigenvalue weighted by molar-refractivity contribution is 8.00. The second-order valence-corrected chi connectivity index (χ2v) is 12.0. The quantitative estimate of drug-likeness (QED) is 0.435. The van der Waals surface area contributed by atoms with Crippen LogP contribution in [0.1, 0.15) is 38.2 Å². The van der Waals surface area contributed by atoms with E-state index in [1.165, 1.54) is 11.8 Å². The Morgan fingerprint density at radius 3 is 2.43 bits per heavy atom. The highest BCUT2D eigenvalue weighted by Crippen LogP contribution is 2.31. The van der Waals surface area contributed by atoms with Crippen LogP contribution >= 0.6 is 11.8 Å². The van der Waals surface area contributed by atoms with Gasteiger partial charge in [-0.15, -0.1) is 0 Å². The predicted octanol–water partition coefficient (Wildman–Crippen LogP) is 5.24. The van der Waals surface area contributed by atoms with Crippen LogP contribution in [0.15, 0.2) is 58.5 Å². The number of carbonyl (C=O) groups excluding carboxylic acids is 1. The summed E-state index contributed by atoms with van der Waals surface area (Å²) in [4.78, 5) is 17.8. The zero-order valence-corrected chi connectivity index (χ0v) is 21.9. The average molecular weight is 514 g/mol. The van der Waals surface area contributed by atoms with Crippen molar-refractivity contribution in [2.24, 2.45) is 0 Å². The lowest BCUT2D eigenvalue weighted by molar-refractivity contribution is -0.115. The van der Waals surface area contributed by atoms with E-state index in [1.807, 2.05) is 38.1 Å². The lowest BCUT2D eigenvalue weighted by Gasteiger charge is -2.20. The van der Waals surface area contributed by atoms with Crippen LogP contribution in [-0.4, -0.2) is 49.1 Å². The number of para-hydroxylation sites is 1. The maximum Gasteiger partial charge on any atom is 0.243 e. The van der Waals surface area contributed by atoms with E-state index in [0.29, 0.717) is 24.5 Å². The highest BCUT2D eigenvalue weighted by atomic mass is 32.2. The maximum atomic E-state index is 13.0. The van der Waals surface area contributed by atoms with Gasteiger partial charge in [-0.1, -0.05) is 36.7 Å². The molecule has 186 valence electrons. The summed E-state index contributed by atoms with van der Waals surface area (Å²) in [5.41, 5.74) is 2.39. The normalized spacial score (nSPS) is 16.0. The molecule has 9 heteroatoms. The molecular formula is C26H31N3O4S2. The third kappa shape index (κ3) is 5.79. The van der Waals surface area contributed by atoms with Gasteiger partial charge < -0.3 is 10.1 Å². The van der Waals surface area contributed by atoms with Gasteiger partial charge in [0.25, 0.3) is 0 Å². The molecule has 7 nitrogen and oxygen atoms in total. The Morgan fingerprint density at radius 2 is 1.77 bits per heavy atom. The van der Waals surface area contributed by atoms with Gasteiger partial charge >= 0.3 is 0 Å². The minimum Gasteiger partial charge on any atom is -0.494 e. The van der Waals surface area contributed by atoms with Crippen LogP contribution < -0.4 is 10.1 Å². The van der Waals surface area contributed by atoms with Crippen molar-refractivity contribution < 1.29 is 17.9 Å². The van der Waals surface area contributed by atoms with Crippen molar-refractivity contribution >= 4 is 44.3 Å². The van der Waals surface area contributed by atoms with Gasteiger partial charge in [0.2, 0.25) is 15.9 Å². The highest BCUT2D eigenvalue weighted by Gasteiger charge is 2.25. The number of aromatic nitrogens is 1. The Balaban J connectivity index is 1.43. The molecule has 2 heterocycles. The molecule has 0 spiro atoms. The summed E-state index contributed by atoms with van der Waals surface area (Å²) >= 11 is 1.37. The Hall–Kier alpha value is -2.62. The van der Waals surface area contributed by atoms with Crippen LogP contribution in [0.2, 0.25) is 0 Å². The Kier molecular flexibility index (Phi) is 7.98. The number of anilines is 1. The number of aryl methyl sites for hydroxylation is 1. The maximum absolute atomic E-state index is 13.0. The van der Waals surface area contributed by atoms with Crippen LogP contribution in [0.5, 0.6) is 5.75 Å². The molecule has 1 unspecified atom stereocenters. The lowest BCUT2D eigenvalue weighted by Crippen LogP contribution is -2.31. The first-order chi connectivity index (χ1) is 16.8. The molecule has 1 aromatic heterocycles. The minimum atomic E-state index is -3.52. The first kappa shape index (κ1) is 25.5. The van der Waals surface area contributed by atoms with E-state index in [-0.39, 0.29) is 10.8 Å². The largest absolute Gasteiger partial charge is 0.494 e. The Morgan fingerprint density at radius 1 is 1.09 bits per heavy atom. The van der Waals surface area contributed by atoms with E-state index in [0.717, 1.165) is 47.2 Å². The molecule has 1 saturated heterocycles. The number of carbonyl (C=O) groups is 1. The van der Waals surface area contributed by atoms with Gasteiger partial charge in [0.15, 0.2) is 0 Å². The number of hydrogen-bond donors (Lipinski definition) is 1. The molecule has 1 amide bonds. The van der Waals surface area contributed by atoms with E-state index in [4.69, 9.17) is 9.72 Å². The number of amides is 1. The number of pyridine rings is 1. The molecule has 1 atom stereocenters. The van der Waals surface area contributed by atoms with Gasteiger partial charge in [0.1, 0.15) is 11.3 Å². The second kappa shape index (κ2) is 11.0. The molecular weight excluding hydrogens is 482 g/mol. The number of nitrogens with one attached hydrogen (secondary N) is 1. The minimum absolute atomic E-state index is 0.183. The molecule has 0 aliphatic carbocycles. The van der Waals surface area contributed by atoms with Crippen molar-refractivity contribution in [2.45, 2.75) is 54.7 Å². The fourth-order valence-electron chi connectivity index (χ4n) is 4.21. The van der Waals surface area contributed by atoms with E-state index in [9.17, 15) is 13.2 Å². The molecule has 0 radical (unpaired) electrons. The topological polar surface area (TPSA) is 88.6 Å². The number of thioether (sulfide) groups is 1. The van der Waals surface area contributed by atoms with Crippen molar-refractivity contribution in [3.8, 4) is 5.75 Å². The van der Waals surface area contributed by atoms with E-state index < -0.39 is 15.3 Å². The van der Waals surface area contributed by atoms with Crippen LogP contribution in [0.25, 0.3) is 10.9 Å². The number of sulfonamides is 1. The average Bonchev–Trinajstić information content (AvgIpc) is 3.14. The van der Waals surface area contributed by atoms with Gasteiger partial charge in [0, 0.05) is 24.2 Å². The molecule has 0 bridgehead atoms. The predicted molar refractivity (Wildman–Crippen MR) is 141 cm³/mol. The number of rotatable bonds is 7. The van der Waals surface area contributed by atoms with Gasteiger partial charge in [-0.3, -0.25) is 4.79 Å². The summed E-state index contributed by atoms with van der Waals surface area (Å²) in [6.07, 6.45) is 3.91. The van der Waals surface area contributed by atoms with Gasteiger partial charge in [0.05, 0.1) is 22.3 Å². The summed E-state index contributed by atoms with van der Waals surface area (Å²) in [7, 11) is -1.90. The van der Waals surface area contributed by atoms with Crippen LogP contribution in [0.4, 0.5) is 5.69 Å². The number of methoxy groups -OCH3 is 1. The van der Waals surface area contributed by atoms with Gasteiger partial charge in [-0.05, 0) is 68.7 Å². The monoisotopic (exact) mass is 513 g/mol. The van der Waals surface area contributed by atoms with Crippen LogP contribution in [0, 0.1) is 6.92 Å². The van der Waals surface area contributed by atoms with Crippen LogP contribution in [-0.2, 0) is 14.8 Å². The number of benzene rings is 2. The van der Waals surface area contributed by atoms with Crippen molar-refractivity contribution in [1.82, 2.24) is 9.29 Å². The fourth-order valence-corrected chi connectivity index (χ4v) is 6.64. The Bertz CT molecular complexity index is 1300. The third-order valence-electron chi connectivity index (χ3n) is 6.20. The smallest absolute Gasteiger partial charge is 0.243 e. The van der Waals surface area contributed by atoms with Crippen LogP contribution in [0.3, 0.4) is 0 Å². The first-order valence-corrected chi connectivity index (χ1v) is 14.1. The molecule has 1 N–H and O–H groups in total. The summed E-state index contributed by atoms with van der Waals surface area (Å²) in [6.45, 7) is 4.95. The first-order valence-electron chi connectivity index (χ1n) is 11.8. The molecule has 35 heavy (non-hydrogen) atoms. The van der Waals surface area contributed by atoms with Crippen molar-refractivity contribution in [2.75, 3.05) is 25.5 Å². The summed E-state index contributed by atoms with van der Waals surface area (Å²) in [5, 5.41) is 4.23. The molecule has 1 aliphatic rings. The Labute approximate surface area is 211 Å². The standard InChI is InChI=1S/C26H31N3O4S2/c1-18-17-24(28-25-22(18)9-8-10-23(25)33-3)34-19(2)26(30)27-20-11-13-21(14-12-20)35(31,32)29-15-6-4-5-7-16-29/h8-14,17,19H,4-7,15-16H2,1-3H3,(H,27,30). The summed E-state index contributed by atoms with van der Waals surface area (Å²) < 4.78 is 33.0. The molecule has 1 fully saturated rings. The molecule has 4 rings (SSSR count). The van der Waals surface area contributed by atoms with Gasteiger partial charge in [-0.25, -0.2) is 13.4 Å². The molecule has 3 aromatic rings. The van der Waals surface area contributed by atoms with E-state index in [1.54, 1.807) is 35.7 Å². The summed E-state index contributed by atoms with van der Waals surface area (Å²) in [5.74, 6) is 0.512. The number of ether oxygens (including phenoxy) is 1. The number of fused-ring (bicyclic) bond motifs is 1. The molecule has 0 saturated carbocycles. The lowest BCUT2D eigenvalue weighted by atomic mass is 10.1.